The van der Waals surface area contributed by atoms with Gasteiger partial charge in [-0.2, -0.15) is 0 Å². The fourth-order valence-corrected chi connectivity index (χ4v) is 0.967. The molecule has 2 N–H and O–H groups in total. The molecular weight excluding hydrogens is 154 g/mol. The van der Waals surface area contributed by atoms with Gasteiger partial charge in [0.2, 0.25) is 0 Å². The molecule has 0 aromatic carbocycles. The summed E-state index contributed by atoms with van der Waals surface area (Å²) in [7, 11) is 0. The summed E-state index contributed by atoms with van der Waals surface area (Å²) in [5.41, 5.74) is 1.14. The maximum absolute atomic E-state index is 8.68. The molecule has 0 aliphatic rings. The van der Waals surface area contributed by atoms with Crippen LogP contribution in [0, 0.1) is 0 Å². The smallest absolute Gasteiger partial charge is 0.0558 e. The fraction of sp³-hybridized carbons (Fsp3) is 0.778. The lowest BCUT2D eigenvalue weighted by Gasteiger charge is -2.19. The highest BCUT2D eigenvalue weighted by Crippen LogP contribution is 1.98. The Labute approximate surface area is 74.3 Å². The zero-order chi connectivity index (χ0) is 9.40. The summed E-state index contributed by atoms with van der Waals surface area (Å²) in [6, 6.07) is 0. The molecule has 0 amide bonds. The minimum atomic E-state index is 0.149. The van der Waals surface area contributed by atoms with Crippen LogP contribution in [0.3, 0.4) is 0 Å². The molecular formula is C9H19NO2. The minimum Gasteiger partial charge on any atom is -0.395 e. The Bertz CT molecular complexity index is 120. The van der Waals surface area contributed by atoms with Crippen LogP contribution in [-0.4, -0.2) is 48.0 Å². The van der Waals surface area contributed by atoms with E-state index in [1.165, 1.54) is 0 Å². The third-order valence-corrected chi connectivity index (χ3v) is 1.69. The van der Waals surface area contributed by atoms with Gasteiger partial charge >= 0.3 is 0 Å². The van der Waals surface area contributed by atoms with Crippen molar-refractivity contribution < 1.29 is 10.2 Å². The third kappa shape index (κ3) is 6.34. The molecule has 0 spiro atoms. The van der Waals surface area contributed by atoms with Gasteiger partial charge in [-0.25, -0.2) is 0 Å². The Morgan fingerprint density at radius 2 is 1.67 bits per heavy atom. The van der Waals surface area contributed by atoms with E-state index in [0.717, 1.165) is 18.5 Å². The molecule has 3 heteroatoms. The Morgan fingerprint density at radius 1 is 1.17 bits per heavy atom. The second-order valence-electron chi connectivity index (χ2n) is 3.00. The molecule has 0 rings (SSSR count). The molecule has 0 aliphatic carbocycles. The summed E-state index contributed by atoms with van der Waals surface area (Å²) < 4.78 is 0. The predicted molar refractivity (Wildman–Crippen MR) is 50.0 cm³/mol. The molecule has 72 valence electrons. The summed E-state index contributed by atoms with van der Waals surface area (Å²) in [4.78, 5) is 2.02. The monoisotopic (exact) mass is 173 g/mol. The topological polar surface area (TPSA) is 43.7 Å². The first kappa shape index (κ1) is 11.6. The molecule has 0 aromatic heterocycles. The highest BCUT2D eigenvalue weighted by atomic mass is 16.3. The van der Waals surface area contributed by atoms with Crippen LogP contribution in [-0.2, 0) is 0 Å². The molecule has 0 aromatic rings. The van der Waals surface area contributed by atoms with Crippen molar-refractivity contribution >= 4 is 0 Å². The molecule has 0 heterocycles. The van der Waals surface area contributed by atoms with Gasteiger partial charge in [0.1, 0.15) is 0 Å². The summed E-state index contributed by atoms with van der Waals surface area (Å²) in [6.07, 6.45) is 0.931. The summed E-state index contributed by atoms with van der Waals surface area (Å²) in [5.74, 6) is 0. The van der Waals surface area contributed by atoms with Crippen molar-refractivity contribution in [2.24, 2.45) is 0 Å². The van der Waals surface area contributed by atoms with Crippen LogP contribution in [0.15, 0.2) is 12.2 Å². The van der Waals surface area contributed by atoms with E-state index in [-0.39, 0.29) is 13.2 Å². The van der Waals surface area contributed by atoms with Gasteiger partial charge in [0.15, 0.2) is 0 Å². The van der Waals surface area contributed by atoms with Gasteiger partial charge in [-0.3, -0.25) is 4.90 Å². The lowest BCUT2D eigenvalue weighted by atomic mass is 10.2. The molecule has 0 saturated heterocycles. The van der Waals surface area contributed by atoms with E-state index < -0.39 is 0 Å². The molecule has 0 fully saturated rings. The van der Waals surface area contributed by atoms with Crippen molar-refractivity contribution in [1.29, 1.82) is 0 Å². The van der Waals surface area contributed by atoms with Crippen LogP contribution in [0.1, 0.15) is 13.3 Å². The van der Waals surface area contributed by atoms with Crippen LogP contribution in [0.5, 0.6) is 0 Å². The van der Waals surface area contributed by atoms with Crippen molar-refractivity contribution in [3.8, 4) is 0 Å². The number of nitrogens with zero attached hydrogens (tertiary/aromatic N) is 1. The van der Waals surface area contributed by atoms with Crippen LogP contribution in [0.25, 0.3) is 0 Å². The van der Waals surface area contributed by atoms with Gasteiger partial charge in [-0.1, -0.05) is 5.57 Å². The van der Waals surface area contributed by atoms with Gasteiger partial charge in [0, 0.05) is 19.6 Å². The Balaban J connectivity index is 3.54. The average Bonchev–Trinajstić information content (AvgIpc) is 2.01. The standard InChI is InChI=1S/C9H19NO2/c1-9(2)3-4-10(5-7-11)6-8-12/h11-12H,1,3-8H2,2H3. The van der Waals surface area contributed by atoms with E-state index in [4.69, 9.17) is 10.2 Å². The normalized spacial score (nSPS) is 10.7. The van der Waals surface area contributed by atoms with E-state index in [0.29, 0.717) is 13.1 Å². The zero-order valence-corrected chi connectivity index (χ0v) is 7.79. The average molecular weight is 173 g/mol. The number of rotatable bonds is 7. The lowest BCUT2D eigenvalue weighted by Crippen LogP contribution is -2.30. The van der Waals surface area contributed by atoms with Gasteiger partial charge < -0.3 is 10.2 Å². The minimum absolute atomic E-state index is 0.149. The van der Waals surface area contributed by atoms with Gasteiger partial charge in [0.05, 0.1) is 13.2 Å². The Hall–Kier alpha value is -0.380. The van der Waals surface area contributed by atoms with Crippen molar-refractivity contribution in [3.63, 3.8) is 0 Å². The number of hydrogen-bond donors (Lipinski definition) is 2. The molecule has 0 atom stereocenters. The van der Waals surface area contributed by atoms with Crippen molar-refractivity contribution in [2.45, 2.75) is 13.3 Å². The quantitative estimate of drug-likeness (QED) is 0.542. The highest BCUT2D eigenvalue weighted by Gasteiger charge is 2.01. The fourth-order valence-electron chi connectivity index (χ4n) is 0.967. The van der Waals surface area contributed by atoms with Crippen LogP contribution >= 0.6 is 0 Å². The van der Waals surface area contributed by atoms with Crippen LogP contribution < -0.4 is 0 Å². The molecule has 0 saturated carbocycles. The first-order chi connectivity index (χ1) is 5.70. The number of hydrogen-bond acceptors (Lipinski definition) is 3. The number of aliphatic hydroxyl groups excluding tert-OH is 2. The third-order valence-electron chi connectivity index (χ3n) is 1.69. The second kappa shape index (κ2) is 7.28. The molecule has 0 unspecified atom stereocenters. The predicted octanol–water partition coefficient (Wildman–Crippen LogP) is 0.239. The summed E-state index contributed by atoms with van der Waals surface area (Å²) >= 11 is 0. The molecule has 3 nitrogen and oxygen atoms in total. The van der Waals surface area contributed by atoms with Crippen molar-refractivity contribution in [3.05, 3.63) is 12.2 Å². The SMILES string of the molecule is C=C(C)CCN(CCO)CCO. The van der Waals surface area contributed by atoms with Crippen LogP contribution in [0.2, 0.25) is 0 Å². The van der Waals surface area contributed by atoms with Gasteiger partial charge in [-0.15, -0.1) is 6.58 Å². The van der Waals surface area contributed by atoms with E-state index >= 15 is 0 Å². The van der Waals surface area contributed by atoms with Crippen molar-refractivity contribution in [2.75, 3.05) is 32.8 Å². The lowest BCUT2D eigenvalue weighted by molar-refractivity contribution is 0.162. The van der Waals surface area contributed by atoms with E-state index in [1.54, 1.807) is 0 Å². The largest absolute Gasteiger partial charge is 0.395 e. The van der Waals surface area contributed by atoms with Gasteiger partial charge in [-0.05, 0) is 13.3 Å². The zero-order valence-electron chi connectivity index (χ0n) is 7.79. The molecule has 0 bridgehead atoms. The first-order valence-corrected chi connectivity index (χ1v) is 4.29. The Morgan fingerprint density at radius 3 is 2.00 bits per heavy atom. The van der Waals surface area contributed by atoms with E-state index in [9.17, 15) is 0 Å². The molecule has 0 aliphatic heterocycles. The summed E-state index contributed by atoms with van der Waals surface area (Å²) in [5, 5.41) is 17.4. The van der Waals surface area contributed by atoms with Gasteiger partial charge in [0.25, 0.3) is 0 Å². The molecule has 12 heavy (non-hydrogen) atoms. The second-order valence-corrected chi connectivity index (χ2v) is 3.00. The number of aliphatic hydroxyl groups is 2. The maximum atomic E-state index is 8.68. The van der Waals surface area contributed by atoms with E-state index in [2.05, 4.69) is 6.58 Å². The molecule has 0 radical (unpaired) electrons. The van der Waals surface area contributed by atoms with E-state index in [1.807, 2.05) is 11.8 Å². The maximum Gasteiger partial charge on any atom is 0.0558 e. The van der Waals surface area contributed by atoms with Crippen LogP contribution in [0.4, 0.5) is 0 Å². The van der Waals surface area contributed by atoms with Crippen molar-refractivity contribution in [1.82, 2.24) is 4.90 Å². The summed E-state index contributed by atoms with van der Waals surface area (Å²) in [6.45, 7) is 8.21. The first-order valence-electron chi connectivity index (χ1n) is 4.29. The Kier molecular flexibility index (Phi) is 7.05. The highest BCUT2D eigenvalue weighted by molar-refractivity contribution is 4.88.